The lowest BCUT2D eigenvalue weighted by atomic mass is 10.2. The molecule has 4 nitrogen and oxygen atoms in total. The highest BCUT2D eigenvalue weighted by molar-refractivity contribution is 5.20. The van der Waals surface area contributed by atoms with Crippen LogP contribution in [0.4, 0.5) is 0 Å². The van der Waals surface area contributed by atoms with Gasteiger partial charge in [-0.25, -0.2) is 0 Å². The summed E-state index contributed by atoms with van der Waals surface area (Å²) in [6, 6.07) is 2.54. The molecule has 1 aromatic heterocycles. The van der Waals surface area contributed by atoms with Crippen LogP contribution >= 0.6 is 0 Å². The van der Waals surface area contributed by atoms with E-state index in [-0.39, 0.29) is 0 Å². The minimum atomic E-state index is 0.459. The fraction of sp³-hybridized carbons (Fsp3) is 0.692. The Kier molecular flexibility index (Phi) is 5.68. The van der Waals surface area contributed by atoms with E-state index in [1.165, 1.54) is 5.56 Å². The minimum absolute atomic E-state index is 0.459. The van der Waals surface area contributed by atoms with E-state index in [1.54, 1.807) is 7.11 Å². The number of nitrogens with zero attached hydrogens (tertiary/aromatic N) is 1. The molecule has 0 unspecified atom stereocenters. The first-order chi connectivity index (χ1) is 8.08. The summed E-state index contributed by atoms with van der Waals surface area (Å²) >= 11 is 0. The fourth-order valence-electron chi connectivity index (χ4n) is 1.79. The Hall–Kier alpha value is -0.840. The van der Waals surface area contributed by atoms with Gasteiger partial charge in [0.1, 0.15) is 11.5 Å². The predicted octanol–water partition coefficient (Wildman–Crippen LogP) is 1.90. The van der Waals surface area contributed by atoms with E-state index in [2.05, 4.69) is 24.8 Å². The van der Waals surface area contributed by atoms with Crippen LogP contribution in [-0.4, -0.2) is 31.2 Å². The van der Waals surface area contributed by atoms with Crippen LogP contribution in [0.3, 0.4) is 0 Å². The maximum atomic E-state index is 5.58. The highest BCUT2D eigenvalue weighted by atomic mass is 16.5. The molecule has 0 fully saturated rings. The van der Waals surface area contributed by atoms with Gasteiger partial charge >= 0.3 is 0 Å². The van der Waals surface area contributed by atoms with Crippen LogP contribution in [0.5, 0.6) is 0 Å². The van der Waals surface area contributed by atoms with E-state index in [4.69, 9.17) is 14.9 Å². The van der Waals surface area contributed by atoms with Gasteiger partial charge in [0.25, 0.3) is 0 Å². The van der Waals surface area contributed by atoms with Gasteiger partial charge < -0.3 is 14.9 Å². The second-order valence-corrected chi connectivity index (χ2v) is 4.56. The summed E-state index contributed by atoms with van der Waals surface area (Å²) in [5.41, 5.74) is 6.79. The van der Waals surface area contributed by atoms with E-state index in [0.29, 0.717) is 12.6 Å². The highest BCUT2D eigenvalue weighted by Gasteiger charge is 2.14. The Labute approximate surface area is 104 Å². The summed E-state index contributed by atoms with van der Waals surface area (Å²) in [5, 5.41) is 0. The van der Waals surface area contributed by atoms with Crippen molar-refractivity contribution in [1.82, 2.24) is 4.90 Å². The van der Waals surface area contributed by atoms with Crippen molar-refractivity contribution in [3.05, 3.63) is 23.2 Å². The first-order valence-corrected chi connectivity index (χ1v) is 6.09. The molecule has 0 amide bonds. The van der Waals surface area contributed by atoms with Gasteiger partial charge in [-0.2, -0.15) is 0 Å². The van der Waals surface area contributed by atoms with Crippen LogP contribution in [0.25, 0.3) is 0 Å². The van der Waals surface area contributed by atoms with Gasteiger partial charge in [-0.15, -0.1) is 0 Å². The smallest absolute Gasteiger partial charge is 0.118 e. The number of furan rings is 1. The summed E-state index contributed by atoms with van der Waals surface area (Å²) in [4.78, 5) is 2.36. The maximum Gasteiger partial charge on any atom is 0.118 e. The molecule has 0 aliphatic heterocycles. The van der Waals surface area contributed by atoms with Crippen LogP contribution in [0.15, 0.2) is 10.5 Å². The van der Waals surface area contributed by atoms with Crippen molar-refractivity contribution in [3.63, 3.8) is 0 Å². The lowest BCUT2D eigenvalue weighted by Crippen LogP contribution is -2.33. The molecule has 1 aromatic rings. The first-order valence-electron chi connectivity index (χ1n) is 6.09. The predicted molar refractivity (Wildman–Crippen MR) is 68.8 cm³/mol. The first kappa shape index (κ1) is 14.2. The fourth-order valence-corrected chi connectivity index (χ4v) is 1.79. The second-order valence-electron chi connectivity index (χ2n) is 4.56. The number of hydrogen-bond acceptors (Lipinski definition) is 4. The second kappa shape index (κ2) is 6.79. The quantitative estimate of drug-likeness (QED) is 0.791. The van der Waals surface area contributed by atoms with E-state index >= 15 is 0 Å². The molecule has 0 aromatic carbocycles. The number of ether oxygens (including phenoxy) is 1. The highest BCUT2D eigenvalue weighted by Crippen LogP contribution is 2.17. The van der Waals surface area contributed by atoms with Gasteiger partial charge in [0, 0.05) is 31.8 Å². The van der Waals surface area contributed by atoms with E-state index in [1.807, 2.05) is 6.92 Å². The molecule has 0 saturated heterocycles. The zero-order valence-corrected chi connectivity index (χ0v) is 11.3. The molecule has 2 N–H and O–H groups in total. The lowest BCUT2D eigenvalue weighted by molar-refractivity contribution is 0.124. The molecule has 0 atom stereocenters. The molecule has 4 heteroatoms. The standard InChI is InChI=1S/C13H24N2O2/c1-10(2)15(5-6-16-4)9-12-7-13(8-14)17-11(12)3/h7,10H,5-6,8-9,14H2,1-4H3. The zero-order chi connectivity index (χ0) is 12.8. The number of nitrogens with two attached hydrogens (primary N) is 1. The Morgan fingerprint density at radius 2 is 2.18 bits per heavy atom. The van der Waals surface area contributed by atoms with Crippen molar-refractivity contribution >= 4 is 0 Å². The van der Waals surface area contributed by atoms with Crippen molar-refractivity contribution < 1.29 is 9.15 Å². The Balaban J connectivity index is 2.67. The third-order valence-electron chi connectivity index (χ3n) is 2.96. The van der Waals surface area contributed by atoms with E-state index in [0.717, 1.165) is 31.2 Å². The molecule has 0 radical (unpaired) electrons. The SMILES string of the molecule is COCCN(Cc1cc(CN)oc1C)C(C)C. The Morgan fingerprint density at radius 1 is 1.47 bits per heavy atom. The summed E-state index contributed by atoms with van der Waals surface area (Å²) < 4.78 is 10.7. The summed E-state index contributed by atoms with van der Waals surface area (Å²) in [6.45, 7) is 9.39. The number of aryl methyl sites for hydroxylation is 1. The normalized spacial score (nSPS) is 11.7. The summed E-state index contributed by atoms with van der Waals surface area (Å²) in [7, 11) is 1.73. The van der Waals surface area contributed by atoms with E-state index in [9.17, 15) is 0 Å². The molecule has 17 heavy (non-hydrogen) atoms. The van der Waals surface area contributed by atoms with Crippen molar-refractivity contribution in [3.8, 4) is 0 Å². The molecule has 98 valence electrons. The number of methoxy groups -OCH3 is 1. The maximum absolute atomic E-state index is 5.58. The monoisotopic (exact) mass is 240 g/mol. The third-order valence-corrected chi connectivity index (χ3v) is 2.96. The molecule has 0 spiro atoms. The third kappa shape index (κ3) is 4.15. The van der Waals surface area contributed by atoms with Gasteiger partial charge in [-0.3, -0.25) is 4.90 Å². The molecular formula is C13H24N2O2. The van der Waals surface area contributed by atoms with Crippen LogP contribution < -0.4 is 5.73 Å². The van der Waals surface area contributed by atoms with Crippen LogP contribution in [0, 0.1) is 6.92 Å². The molecule has 0 aliphatic rings. The van der Waals surface area contributed by atoms with E-state index < -0.39 is 0 Å². The zero-order valence-electron chi connectivity index (χ0n) is 11.3. The van der Waals surface area contributed by atoms with Gasteiger partial charge in [0.15, 0.2) is 0 Å². The average Bonchev–Trinajstić information content (AvgIpc) is 2.65. The summed E-state index contributed by atoms with van der Waals surface area (Å²) in [6.07, 6.45) is 0. The number of hydrogen-bond donors (Lipinski definition) is 1. The topological polar surface area (TPSA) is 51.6 Å². The van der Waals surface area contributed by atoms with Crippen molar-refractivity contribution in [1.29, 1.82) is 0 Å². The molecule has 0 saturated carbocycles. The molecule has 0 aliphatic carbocycles. The molecule has 1 heterocycles. The van der Waals surface area contributed by atoms with Gasteiger partial charge in [-0.05, 0) is 26.8 Å². The van der Waals surface area contributed by atoms with Gasteiger partial charge in [0.05, 0.1) is 13.2 Å². The molecular weight excluding hydrogens is 216 g/mol. The lowest BCUT2D eigenvalue weighted by Gasteiger charge is -2.25. The Bertz CT molecular complexity index is 334. The van der Waals surface area contributed by atoms with Gasteiger partial charge in [-0.1, -0.05) is 0 Å². The summed E-state index contributed by atoms with van der Waals surface area (Å²) in [5.74, 6) is 1.82. The van der Waals surface area contributed by atoms with Crippen molar-refractivity contribution in [2.45, 2.75) is 39.9 Å². The molecule has 1 rings (SSSR count). The van der Waals surface area contributed by atoms with Crippen molar-refractivity contribution in [2.24, 2.45) is 5.73 Å². The van der Waals surface area contributed by atoms with Crippen LogP contribution in [0.2, 0.25) is 0 Å². The van der Waals surface area contributed by atoms with Crippen LogP contribution in [0.1, 0.15) is 30.9 Å². The Morgan fingerprint density at radius 3 is 2.65 bits per heavy atom. The largest absolute Gasteiger partial charge is 0.465 e. The van der Waals surface area contributed by atoms with Crippen LogP contribution in [-0.2, 0) is 17.8 Å². The van der Waals surface area contributed by atoms with Gasteiger partial charge in [0.2, 0.25) is 0 Å². The minimum Gasteiger partial charge on any atom is -0.465 e. The number of rotatable bonds is 7. The van der Waals surface area contributed by atoms with Crippen molar-refractivity contribution in [2.75, 3.05) is 20.3 Å². The molecule has 0 bridgehead atoms. The average molecular weight is 240 g/mol.